The van der Waals surface area contributed by atoms with Gasteiger partial charge in [-0.2, -0.15) is 0 Å². The zero-order valence-corrected chi connectivity index (χ0v) is 15.5. The van der Waals surface area contributed by atoms with Crippen LogP contribution in [0.3, 0.4) is 0 Å². The first-order valence-corrected chi connectivity index (χ1v) is 9.11. The monoisotopic (exact) mass is 382 g/mol. The van der Waals surface area contributed by atoms with E-state index in [0.717, 1.165) is 16.1 Å². The average Bonchev–Trinajstić information content (AvgIpc) is 2.74. The standard InChI is InChI=1S/C23H18N4O2/c28-22-10-4-2-1-3-7-13-29-18-11-12-21-19(14-18)23(26-16-25-21)27-20-9-6-5-8-17(20)15-24-22/h1-12,14-16H,13H2,(H,24,28)/b2-1+,7-3-,10-4+,17-15+,27-20+. The molecule has 0 radical (unpaired) electrons. The Morgan fingerprint density at radius 3 is 2.83 bits per heavy atom. The number of hydrogen-bond donors (Lipinski definition) is 1. The molecular weight excluding hydrogens is 364 g/mol. The van der Waals surface area contributed by atoms with Gasteiger partial charge in [0, 0.05) is 22.9 Å². The zero-order chi connectivity index (χ0) is 19.9. The first-order valence-electron chi connectivity index (χ1n) is 9.11. The Balaban J connectivity index is 1.88. The molecule has 1 N–H and O–H groups in total. The maximum absolute atomic E-state index is 12.0. The van der Waals surface area contributed by atoms with E-state index in [1.165, 1.54) is 12.4 Å². The Labute approximate surface area is 167 Å². The SMILES string of the molecule is O=C1/C=C/C=C/C=C\COc2ccc3ncnc(c3c2)/N=c2\cccc\c2=C/N1. The van der Waals surface area contributed by atoms with E-state index in [-0.39, 0.29) is 5.91 Å². The minimum atomic E-state index is -0.227. The highest BCUT2D eigenvalue weighted by atomic mass is 16.5. The molecule has 142 valence electrons. The average molecular weight is 382 g/mol. The Morgan fingerprint density at radius 2 is 1.86 bits per heavy atom. The summed E-state index contributed by atoms with van der Waals surface area (Å²) in [4.78, 5) is 25.4. The number of carbonyl (C=O) groups excluding carboxylic acids is 1. The van der Waals surface area contributed by atoms with Crippen molar-refractivity contribution in [2.24, 2.45) is 4.99 Å². The van der Waals surface area contributed by atoms with Crippen molar-refractivity contribution in [3.8, 4) is 5.75 Å². The highest BCUT2D eigenvalue weighted by Gasteiger charge is 2.05. The van der Waals surface area contributed by atoms with E-state index >= 15 is 0 Å². The highest BCUT2D eigenvalue weighted by molar-refractivity contribution is 5.90. The molecule has 1 amide bonds. The number of para-hydroxylation sites is 1. The smallest absolute Gasteiger partial charge is 0.247 e. The molecule has 0 fully saturated rings. The molecule has 4 rings (SSSR count). The van der Waals surface area contributed by atoms with Crippen molar-refractivity contribution in [3.05, 3.63) is 95.8 Å². The van der Waals surface area contributed by atoms with Crippen molar-refractivity contribution in [3.63, 3.8) is 0 Å². The van der Waals surface area contributed by atoms with E-state index in [2.05, 4.69) is 15.3 Å². The number of fused-ring (bicyclic) bond motifs is 2. The lowest BCUT2D eigenvalue weighted by Crippen LogP contribution is -2.28. The van der Waals surface area contributed by atoms with E-state index in [1.807, 2.05) is 60.7 Å². The number of nitrogens with one attached hydrogen (secondary N) is 1. The summed E-state index contributed by atoms with van der Waals surface area (Å²) in [6, 6.07) is 13.2. The van der Waals surface area contributed by atoms with Gasteiger partial charge >= 0.3 is 0 Å². The molecule has 0 saturated carbocycles. The molecule has 6 nitrogen and oxygen atoms in total. The highest BCUT2D eigenvalue weighted by Crippen LogP contribution is 2.25. The molecule has 0 saturated heterocycles. The number of carbonyl (C=O) groups is 1. The van der Waals surface area contributed by atoms with Crippen LogP contribution < -0.4 is 20.6 Å². The van der Waals surface area contributed by atoms with Crippen molar-refractivity contribution in [2.75, 3.05) is 6.61 Å². The maximum Gasteiger partial charge on any atom is 0.247 e. The Kier molecular flexibility index (Phi) is 5.53. The summed E-state index contributed by atoms with van der Waals surface area (Å²) in [6.45, 7) is 0.415. The van der Waals surface area contributed by atoms with E-state index in [1.54, 1.807) is 18.4 Å². The lowest BCUT2D eigenvalue weighted by atomic mass is 10.2. The predicted molar refractivity (Wildman–Crippen MR) is 112 cm³/mol. The molecular formula is C23H18N4O2. The third-order valence-corrected chi connectivity index (χ3v) is 4.18. The van der Waals surface area contributed by atoms with Crippen LogP contribution in [-0.4, -0.2) is 22.5 Å². The molecule has 1 aromatic heterocycles. The second kappa shape index (κ2) is 8.75. The number of allylic oxidation sites excluding steroid dienone is 4. The van der Waals surface area contributed by atoms with Crippen molar-refractivity contribution in [1.29, 1.82) is 0 Å². The van der Waals surface area contributed by atoms with Gasteiger partial charge in [-0.1, -0.05) is 42.5 Å². The van der Waals surface area contributed by atoms with E-state index in [0.29, 0.717) is 23.5 Å². The van der Waals surface area contributed by atoms with Gasteiger partial charge in [0.1, 0.15) is 18.7 Å². The van der Waals surface area contributed by atoms with Crippen molar-refractivity contribution < 1.29 is 9.53 Å². The van der Waals surface area contributed by atoms with Gasteiger partial charge in [0.15, 0.2) is 5.82 Å². The topological polar surface area (TPSA) is 76.5 Å². The number of nitrogens with zero attached hydrogens (tertiary/aromatic N) is 3. The predicted octanol–water partition coefficient (Wildman–Crippen LogP) is 2.50. The summed E-state index contributed by atoms with van der Waals surface area (Å²) >= 11 is 0. The molecule has 0 atom stereocenters. The molecule has 0 aliphatic carbocycles. The van der Waals surface area contributed by atoms with E-state index in [4.69, 9.17) is 9.73 Å². The van der Waals surface area contributed by atoms with Crippen LogP contribution in [0, 0.1) is 0 Å². The lowest BCUT2D eigenvalue weighted by molar-refractivity contribution is -0.115. The summed E-state index contributed by atoms with van der Waals surface area (Å²) in [6.07, 6.45) is 13.6. The molecule has 6 heteroatoms. The number of benzene rings is 2. The van der Waals surface area contributed by atoms with Crippen LogP contribution in [0.5, 0.6) is 5.75 Å². The van der Waals surface area contributed by atoms with Crippen LogP contribution >= 0.6 is 0 Å². The van der Waals surface area contributed by atoms with Crippen molar-refractivity contribution in [1.82, 2.24) is 15.3 Å². The summed E-state index contributed by atoms with van der Waals surface area (Å²) in [5.41, 5.74) is 0.777. The molecule has 0 spiro atoms. The number of rotatable bonds is 0. The quantitative estimate of drug-likeness (QED) is 0.648. The first kappa shape index (κ1) is 18.3. The third kappa shape index (κ3) is 4.62. The van der Waals surface area contributed by atoms with Crippen LogP contribution in [0.15, 0.2) is 90.2 Å². The van der Waals surface area contributed by atoms with Crippen molar-refractivity contribution in [2.45, 2.75) is 0 Å². The Morgan fingerprint density at radius 1 is 0.966 bits per heavy atom. The van der Waals surface area contributed by atoms with Gasteiger partial charge < -0.3 is 10.1 Å². The first-order chi connectivity index (χ1) is 14.3. The van der Waals surface area contributed by atoms with Gasteiger partial charge in [0.2, 0.25) is 5.91 Å². The normalized spacial score (nSPS) is 19.8. The zero-order valence-electron chi connectivity index (χ0n) is 15.5. The van der Waals surface area contributed by atoms with E-state index in [9.17, 15) is 4.79 Å². The number of aromatic nitrogens is 2. The summed E-state index contributed by atoms with van der Waals surface area (Å²) in [7, 11) is 0. The van der Waals surface area contributed by atoms with Crippen LogP contribution in [0.25, 0.3) is 17.1 Å². The largest absolute Gasteiger partial charge is 0.490 e. The fourth-order valence-corrected chi connectivity index (χ4v) is 2.77. The van der Waals surface area contributed by atoms with Gasteiger partial charge in [-0.3, -0.25) is 4.79 Å². The second-order valence-corrected chi connectivity index (χ2v) is 6.18. The molecule has 2 heterocycles. The number of amides is 1. The van der Waals surface area contributed by atoms with Gasteiger partial charge in [0.25, 0.3) is 0 Å². The van der Waals surface area contributed by atoms with Gasteiger partial charge in [-0.05, 0) is 30.3 Å². The Bertz CT molecular complexity index is 1260. The third-order valence-electron chi connectivity index (χ3n) is 4.18. The molecule has 1 aliphatic heterocycles. The van der Waals surface area contributed by atoms with Crippen LogP contribution in [-0.2, 0) is 4.79 Å². The number of hydrogen-bond acceptors (Lipinski definition) is 5. The summed E-state index contributed by atoms with van der Waals surface area (Å²) < 4.78 is 5.79. The minimum absolute atomic E-state index is 0.227. The van der Waals surface area contributed by atoms with Gasteiger partial charge in [0.05, 0.1) is 10.9 Å². The fraction of sp³-hybridized carbons (Fsp3) is 0.0435. The summed E-state index contributed by atoms with van der Waals surface area (Å²) in [5.74, 6) is 1.02. The van der Waals surface area contributed by atoms with Crippen LogP contribution in [0.4, 0.5) is 5.82 Å². The summed E-state index contributed by atoms with van der Waals surface area (Å²) in [5, 5.41) is 5.01. The van der Waals surface area contributed by atoms with Crippen molar-refractivity contribution >= 4 is 28.8 Å². The minimum Gasteiger partial charge on any atom is -0.490 e. The molecule has 3 aromatic rings. The molecule has 29 heavy (non-hydrogen) atoms. The van der Waals surface area contributed by atoms with E-state index < -0.39 is 0 Å². The molecule has 0 unspecified atom stereocenters. The van der Waals surface area contributed by atoms with Gasteiger partial charge in [-0.25, -0.2) is 15.0 Å². The second-order valence-electron chi connectivity index (χ2n) is 6.18. The maximum atomic E-state index is 12.0. The number of ether oxygens (including phenoxy) is 1. The van der Waals surface area contributed by atoms with Crippen LogP contribution in [0.1, 0.15) is 0 Å². The Hall–Kier alpha value is -4.06. The molecule has 1 aliphatic rings. The fourth-order valence-electron chi connectivity index (χ4n) is 2.77. The lowest BCUT2D eigenvalue weighted by Gasteiger charge is -2.06. The van der Waals surface area contributed by atoms with Gasteiger partial charge in [-0.15, -0.1) is 0 Å². The molecule has 2 aromatic carbocycles. The van der Waals surface area contributed by atoms with Crippen LogP contribution in [0.2, 0.25) is 0 Å². The molecule has 2 bridgehead atoms.